The summed E-state index contributed by atoms with van der Waals surface area (Å²) in [6, 6.07) is 5.72. The maximum atomic E-state index is 7.43. The van der Waals surface area contributed by atoms with Gasteiger partial charge in [0.05, 0.1) is 0 Å². The summed E-state index contributed by atoms with van der Waals surface area (Å²) in [6.07, 6.45) is 0. The summed E-state index contributed by atoms with van der Waals surface area (Å²) in [4.78, 5) is 0. The lowest BCUT2D eigenvalue weighted by molar-refractivity contribution is -0.765. The van der Waals surface area contributed by atoms with Gasteiger partial charge < -0.3 is 14.0 Å². The van der Waals surface area contributed by atoms with E-state index in [1.807, 2.05) is 18.2 Å². The van der Waals surface area contributed by atoms with Crippen molar-refractivity contribution in [1.29, 1.82) is 5.41 Å². The Morgan fingerprint density at radius 1 is 1.33 bits per heavy atom. The molecule has 2 aromatic rings. The third-order valence-corrected chi connectivity index (χ3v) is 2.72. The SMILES string of the molecule is Cc1c(=N)o[n-][n+]1Cc1ccc2c(c1)OCO2.Cl. The van der Waals surface area contributed by atoms with Crippen molar-refractivity contribution in [1.82, 2.24) is 5.27 Å². The molecule has 6 nitrogen and oxygen atoms in total. The number of ether oxygens (including phenoxy) is 2. The fourth-order valence-corrected chi connectivity index (χ4v) is 1.69. The second-order valence-corrected chi connectivity index (χ2v) is 3.83. The van der Waals surface area contributed by atoms with Gasteiger partial charge in [0.2, 0.25) is 12.5 Å². The zero-order valence-corrected chi connectivity index (χ0v) is 10.5. The van der Waals surface area contributed by atoms with E-state index in [0.717, 1.165) is 17.1 Å². The third kappa shape index (κ3) is 2.06. The first kappa shape index (κ1) is 12.5. The first-order chi connectivity index (χ1) is 8.24. The van der Waals surface area contributed by atoms with Crippen LogP contribution in [0.15, 0.2) is 22.7 Å². The molecule has 0 unspecified atom stereocenters. The van der Waals surface area contributed by atoms with Crippen LogP contribution in [0.5, 0.6) is 11.5 Å². The highest BCUT2D eigenvalue weighted by molar-refractivity contribution is 5.85. The molecule has 0 aliphatic carbocycles. The van der Waals surface area contributed by atoms with Crippen LogP contribution in [0.3, 0.4) is 0 Å². The molecule has 96 valence electrons. The lowest BCUT2D eigenvalue weighted by Crippen LogP contribution is -2.41. The Hall–Kier alpha value is -1.95. The Labute approximate surface area is 109 Å². The molecule has 0 saturated heterocycles. The minimum atomic E-state index is 0. The molecule has 1 N–H and O–H groups in total. The number of nitrogens with one attached hydrogen (secondary N) is 1. The van der Waals surface area contributed by atoms with Crippen molar-refractivity contribution in [2.45, 2.75) is 13.5 Å². The molecule has 1 aliphatic heterocycles. The maximum absolute atomic E-state index is 7.43. The zero-order chi connectivity index (χ0) is 11.8. The van der Waals surface area contributed by atoms with Gasteiger partial charge in [-0.15, -0.1) is 12.4 Å². The molecule has 1 aromatic heterocycles. The van der Waals surface area contributed by atoms with Crippen molar-refractivity contribution in [3.8, 4) is 11.5 Å². The molecule has 0 saturated carbocycles. The molecule has 1 aliphatic rings. The van der Waals surface area contributed by atoms with Crippen molar-refractivity contribution < 1.29 is 18.7 Å². The molecule has 0 fully saturated rings. The van der Waals surface area contributed by atoms with Crippen LogP contribution < -0.4 is 25.0 Å². The van der Waals surface area contributed by atoms with E-state index in [2.05, 4.69) is 5.27 Å². The molecule has 7 heteroatoms. The summed E-state index contributed by atoms with van der Waals surface area (Å²) in [6.45, 7) is 2.61. The van der Waals surface area contributed by atoms with E-state index >= 15 is 0 Å². The van der Waals surface area contributed by atoms with E-state index in [1.165, 1.54) is 0 Å². The number of fused-ring (bicyclic) bond motifs is 1. The summed E-state index contributed by atoms with van der Waals surface area (Å²) in [5.41, 5.74) is 1.81. The van der Waals surface area contributed by atoms with E-state index in [0.29, 0.717) is 12.2 Å². The van der Waals surface area contributed by atoms with Crippen molar-refractivity contribution in [2.75, 3.05) is 6.79 Å². The minimum Gasteiger partial charge on any atom is -0.487 e. The van der Waals surface area contributed by atoms with Gasteiger partial charge in [0.25, 0.3) is 5.55 Å². The molecule has 3 rings (SSSR count). The van der Waals surface area contributed by atoms with E-state index in [4.69, 9.17) is 19.4 Å². The van der Waals surface area contributed by atoms with Crippen LogP contribution >= 0.6 is 12.4 Å². The predicted molar refractivity (Wildman–Crippen MR) is 61.7 cm³/mol. The van der Waals surface area contributed by atoms with Crippen LogP contribution in [-0.4, -0.2) is 6.79 Å². The fourth-order valence-electron chi connectivity index (χ4n) is 1.69. The van der Waals surface area contributed by atoms with Gasteiger partial charge in [-0.05, 0) is 18.2 Å². The lowest BCUT2D eigenvalue weighted by atomic mass is 10.2. The predicted octanol–water partition coefficient (Wildman–Crippen LogP) is 0.511. The van der Waals surface area contributed by atoms with Crippen LogP contribution in [-0.2, 0) is 6.54 Å². The largest absolute Gasteiger partial charge is 0.487 e. The number of rotatable bonds is 2. The summed E-state index contributed by atoms with van der Waals surface area (Å²) in [7, 11) is 0. The number of hydrogen-bond acceptors (Lipinski definition) is 4. The summed E-state index contributed by atoms with van der Waals surface area (Å²) in [5, 5.41) is 11.2. The highest BCUT2D eigenvalue weighted by Gasteiger charge is 2.15. The van der Waals surface area contributed by atoms with Gasteiger partial charge >= 0.3 is 0 Å². The highest BCUT2D eigenvalue weighted by Crippen LogP contribution is 2.32. The van der Waals surface area contributed by atoms with Gasteiger partial charge in [0.15, 0.2) is 18.0 Å². The number of aromatic nitrogens is 2. The van der Waals surface area contributed by atoms with Crippen LogP contribution in [0.2, 0.25) is 0 Å². The number of hydrogen-bond donors (Lipinski definition) is 1. The average molecular weight is 270 g/mol. The second kappa shape index (κ2) is 4.73. The highest BCUT2D eigenvalue weighted by atomic mass is 35.5. The Kier molecular flexibility index (Phi) is 3.29. The van der Waals surface area contributed by atoms with Gasteiger partial charge in [-0.25, -0.2) is 4.68 Å². The Balaban J connectivity index is 0.00000120. The van der Waals surface area contributed by atoms with Gasteiger partial charge in [0.1, 0.15) is 0 Å². The van der Waals surface area contributed by atoms with E-state index in [9.17, 15) is 0 Å². The average Bonchev–Trinajstić information content (AvgIpc) is 2.90. The molecule has 0 atom stereocenters. The normalized spacial score (nSPS) is 12.3. The van der Waals surface area contributed by atoms with Gasteiger partial charge in [-0.3, -0.25) is 10.7 Å². The standard InChI is InChI=1S/C11H11N3O3.ClH/c1-7-11(12)17-13-14(7)5-8-2-3-9-10(4-8)16-6-15-9;/h2-4,12H,5-6H2,1H3;1H. The fraction of sp³-hybridized carbons (Fsp3) is 0.273. The third-order valence-electron chi connectivity index (χ3n) is 2.72. The summed E-state index contributed by atoms with van der Waals surface area (Å²) in [5.74, 6) is 1.51. The summed E-state index contributed by atoms with van der Waals surface area (Å²) < 4.78 is 17.0. The van der Waals surface area contributed by atoms with Crippen molar-refractivity contribution >= 4 is 12.4 Å². The van der Waals surface area contributed by atoms with Gasteiger partial charge in [-0.1, -0.05) is 0 Å². The van der Waals surface area contributed by atoms with Crippen LogP contribution in [0.4, 0.5) is 0 Å². The van der Waals surface area contributed by atoms with Crippen molar-refractivity contribution in [2.24, 2.45) is 0 Å². The molecular weight excluding hydrogens is 258 g/mol. The first-order valence-corrected chi connectivity index (χ1v) is 5.20. The monoisotopic (exact) mass is 269 g/mol. The molecule has 0 spiro atoms. The second-order valence-electron chi connectivity index (χ2n) is 3.83. The van der Waals surface area contributed by atoms with Crippen LogP contribution in [0, 0.1) is 12.3 Å². The molecule has 2 heterocycles. The van der Waals surface area contributed by atoms with Crippen LogP contribution in [0.25, 0.3) is 0 Å². The zero-order valence-electron chi connectivity index (χ0n) is 9.67. The smallest absolute Gasteiger partial charge is 0.267 e. The molecule has 18 heavy (non-hydrogen) atoms. The Morgan fingerprint density at radius 3 is 2.83 bits per heavy atom. The summed E-state index contributed by atoms with van der Waals surface area (Å²) >= 11 is 0. The molecule has 1 aromatic carbocycles. The Bertz CT molecular complexity index is 620. The van der Waals surface area contributed by atoms with E-state index in [1.54, 1.807) is 11.6 Å². The lowest BCUT2D eigenvalue weighted by Gasteiger charge is -2.02. The number of halogens is 1. The van der Waals surface area contributed by atoms with Gasteiger partial charge in [-0.2, -0.15) is 0 Å². The van der Waals surface area contributed by atoms with Crippen molar-refractivity contribution in [3.63, 3.8) is 0 Å². The van der Waals surface area contributed by atoms with E-state index in [-0.39, 0.29) is 24.8 Å². The van der Waals surface area contributed by atoms with Gasteiger partial charge in [0, 0.05) is 12.5 Å². The molecule has 0 amide bonds. The topological polar surface area (TPSA) is 73.4 Å². The number of benzene rings is 1. The first-order valence-electron chi connectivity index (χ1n) is 5.20. The van der Waals surface area contributed by atoms with Crippen molar-refractivity contribution in [3.05, 3.63) is 35.0 Å². The Morgan fingerprint density at radius 2 is 2.11 bits per heavy atom. The minimum absolute atomic E-state index is 0. The molecule has 0 bridgehead atoms. The molecular formula is C11H12ClN3O3. The van der Waals surface area contributed by atoms with Crippen LogP contribution in [0.1, 0.15) is 11.3 Å². The van der Waals surface area contributed by atoms with E-state index < -0.39 is 0 Å². The maximum Gasteiger partial charge on any atom is 0.267 e. The number of nitrogens with zero attached hydrogens (tertiary/aromatic N) is 2. The quantitative estimate of drug-likeness (QED) is 0.807. The molecule has 0 radical (unpaired) electrons.